The predicted octanol–water partition coefficient (Wildman–Crippen LogP) is -2.54. The van der Waals surface area contributed by atoms with E-state index in [2.05, 4.69) is 0 Å². The number of carboxylic acid groups (broad SMARTS) is 1. The number of aliphatic hydroxyl groups is 5. The van der Waals surface area contributed by atoms with Gasteiger partial charge in [0.05, 0.1) is 19.3 Å². The highest BCUT2D eigenvalue weighted by Gasteiger charge is 2.31. The molecule has 0 aliphatic carbocycles. The van der Waals surface area contributed by atoms with Crippen LogP contribution in [0.5, 0.6) is 0 Å². The molecule has 0 aromatic heterocycles. The van der Waals surface area contributed by atoms with E-state index in [-0.39, 0.29) is 19.0 Å². The fourth-order valence-electron chi connectivity index (χ4n) is 1.85. The number of aliphatic hydroxyl groups excluding tert-OH is 5. The Morgan fingerprint density at radius 2 is 1.50 bits per heavy atom. The van der Waals surface area contributed by atoms with E-state index >= 15 is 0 Å². The van der Waals surface area contributed by atoms with E-state index in [9.17, 15) is 25.2 Å². The van der Waals surface area contributed by atoms with Crippen molar-refractivity contribution in [2.45, 2.75) is 38.3 Å². The number of carboxylic acids is 1. The van der Waals surface area contributed by atoms with Crippen molar-refractivity contribution in [3.05, 3.63) is 0 Å². The summed E-state index contributed by atoms with van der Waals surface area (Å²) >= 11 is 0. The van der Waals surface area contributed by atoms with Crippen molar-refractivity contribution >= 4 is 5.97 Å². The molecule has 0 spiro atoms. The van der Waals surface area contributed by atoms with Gasteiger partial charge in [0.1, 0.15) is 18.3 Å². The molecule has 0 unspecified atom stereocenters. The van der Waals surface area contributed by atoms with Gasteiger partial charge in [-0.25, -0.2) is 0 Å². The average Bonchev–Trinajstić information content (AvgIpc) is 2.34. The molecule has 0 fully saturated rings. The number of rotatable bonds is 10. The Hall–Kier alpha value is -0.770. The van der Waals surface area contributed by atoms with Crippen molar-refractivity contribution in [1.29, 1.82) is 0 Å². The van der Waals surface area contributed by atoms with E-state index in [1.165, 1.54) is 4.90 Å². The number of hydrogen-bond donors (Lipinski definition) is 6. The van der Waals surface area contributed by atoms with Gasteiger partial charge in [-0.1, -0.05) is 13.8 Å². The van der Waals surface area contributed by atoms with Gasteiger partial charge < -0.3 is 30.6 Å². The third-order valence-electron chi connectivity index (χ3n) is 2.75. The molecule has 0 aromatic carbocycles. The zero-order chi connectivity index (χ0) is 15.9. The van der Waals surface area contributed by atoms with Crippen LogP contribution in [0.25, 0.3) is 0 Å². The minimum Gasteiger partial charge on any atom is -0.480 e. The highest BCUT2D eigenvalue weighted by atomic mass is 16.4. The maximum atomic E-state index is 10.7. The molecule has 6 N–H and O–H groups in total. The van der Waals surface area contributed by atoms with Crippen molar-refractivity contribution in [2.24, 2.45) is 5.92 Å². The summed E-state index contributed by atoms with van der Waals surface area (Å²) in [6.07, 6.45) is -6.40. The normalized spacial score (nSPS) is 18.1. The number of carbonyl (C=O) groups is 1. The number of nitrogens with zero attached hydrogens (tertiary/aromatic N) is 1. The van der Waals surface area contributed by atoms with Gasteiger partial charge in [0.2, 0.25) is 0 Å². The van der Waals surface area contributed by atoms with E-state index in [1.807, 2.05) is 13.8 Å². The lowest BCUT2D eigenvalue weighted by atomic mass is 10.0. The van der Waals surface area contributed by atoms with Crippen molar-refractivity contribution in [1.82, 2.24) is 4.90 Å². The van der Waals surface area contributed by atoms with Crippen molar-refractivity contribution in [2.75, 3.05) is 26.2 Å². The van der Waals surface area contributed by atoms with Crippen LogP contribution in [0.2, 0.25) is 0 Å². The van der Waals surface area contributed by atoms with Crippen LogP contribution < -0.4 is 0 Å². The lowest BCUT2D eigenvalue weighted by Crippen LogP contribution is -2.50. The molecule has 8 nitrogen and oxygen atoms in total. The van der Waals surface area contributed by atoms with Gasteiger partial charge in [0, 0.05) is 13.1 Å². The second-order valence-corrected chi connectivity index (χ2v) is 5.28. The van der Waals surface area contributed by atoms with Gasteiger partial charge in [-0.3, -0.25) is 9.69 Å². The van der Waals surface area contributed by atoms with Gasteiger partial charge in [-0.2, -0.15) is 0 Å². The van der Waals surface area contributed by atoms with E-state index in [0.29, 0.717) is 6.54 Å². The lowest BCUT2D eigenvalue weighted by Gasteiger charge is -2.30. The smallest absolute Gasteiger partial charge is 0.317 e. The highest BCUT2D eigenvalue weighted by Crippen LogP contribution is 2.08. The summed E-state index contributed by atoms with van der Waals surface area (Å²) in [6, 6.07) is 0. The second kappa shape index (κ2) is 9.22. The Kier molecular flexibility index (Phi) is 8.86. The minimum absolute atomic E-state index is 0.159. The van der Waals surface area contributed by atoms with Crippen LogP contribution in [0.1, 0.15) is 13.8 Å². The predicted molar refractivity (Wildman–Crippen MR) is 70.0 cm³/mol. The summed E-state index contributed by atoms with van der Waals surface area (Å²) in [6.45, 7) is 2.93. The van der Waals surface area contributed by atoms with Gasteiger partial charge in [0.15, 0.2) is 0 Å². The SMILES string of the molecule is CC(C)CN(CC(=O)O)C[C@H](O)[C@@H](O)[C@H](O)[C@H](O)CO. The quantitative estimate of drug-likeness (QED) is 0.259. The molecule has 0 aliphatic heterocycles. The Labute approximate surface area is 117 Å². The Morgan fingerprint density at radius 1 is 1.00 bits per heavy atom. The zero-order valence-electron chi connectivity index (χ0n) is 11.8. The molecule has 0 amide bonds. The molecule has 0 rings (SSSR count). The van der Waals surface area contributed by atoms with Gasteiger partial charge in [-0.15, -0.1) is 0 Å². The van der Waals surface area contributed by atoms with Crippen molar-refractivity contribution in [3.63, 3.8) is 0 Å². The zero-order valence-corrected chi connectivity index (χ0v) is 11.8. The molecule has 0 bridgehead atoms. The third-order valence-corrected chi connectivity index (χ3v) is 2.75. The van der Waals surface area contributed by atoms with Crippen LogP contribution in [0.15, 0.2) is 0 Å². The maximum absolute atomic E-state index is 10.7. The summed E-state index contributed by atoms with van der Waals surface area (Å²) in [7, 11) is 0. The van der Waals surface area contributed by atoms with Crippen LogP contribution in [-0.4, -0.2) is 92.2 Å². The molecular weight excluding hydrogens is 270 g/mol. The van der Waals surface area contributed by atoms with E-state index < -0.39 is 37.0 Å². The Bertz CT molecular complexity index is 287. The number of hydrogen-bond acceptors (Lipinski definition) is 7. The topological polar surface area (TPSA) is 142 Å². The lowest BCUT2D eigenvalue weighted by molar-refractivity contribution is -0.140. The number of aliphatic carboxylic acids is 1. The third kappa shape index (κ3) is 7.13. The van der Waals surface area contributed by atoms with E-state index in [0.717, 1.165) is 0 Å². The fraction of sp³-hybridized carbons (Fsp3) is 0.917. The van der Waals surface area contributed by atoms with Crippen LogP contribution in [-0.2, 0) is 4.79 Å². The van der Waals surface area contributed by atoms with Crippen molar-refractivity contribution in [3.8, 4) is 0 Å². The van der Waals surface area contributed by atoms with E-state index in [1.54, 1.807) is 0 Å². The molecule has 120 valence electrons. The molecule has 20 heavy (non-hydrogen) atoms. The first kappa shape index (κ1) is 19.2. The minimum atomic E-state index is -1.71. The van der Waals surface area contributed by atoms with Gasteiger partial charge in [0.25, 0.3) is 0 Å². The van der Waals surface area contributed by atoms with Gasteiger partial charge in [-0.05, 0) is 5.92 Å². The first-order chi connectivity index (χ1) is 9.18. The van der Waals surface area contributed by atoms with Crippen LogP contribution in [0.4, 0.5) is 0 Å². The monoisotopic (exact) mass is 295 g/mol. The summed E-state index contributed by atoms with van der Waals surface area (Å²) in [5.74, 6) is -0.907. The summed E-state index contributed by atoms with van der Waals surface area (Å²) in [5, 5.41) is 55.6. The van der Waals surface area contributed by atoms with Crippen LogP contribution in [0, 0.1) is 5.92 Å². The molecular formula is C12H25NO7. The van der Waals surface area contributed by atoms with Crippen molar-refractivity contribution < 1.29 is 35.4 Å². The average molecular weight is 295 g/mol. The maximum Gasteiger partial charge on any atom is 0.317 e. The van der Waals surface area contributed by atoms with Gasteiger partial charge >= 0.3 is 5.97 Å². The van der Waals surface area contributed by atoms with Crippen LogP contribution >= 0.6 is 0 Å². The first-order valence-corrected chi connectivity index (χ1v) is 6.46. The standard InChI is InChI=1S/C12H25NO7/c1-7(2)3-13(5-10(17)18)4-8(15)11(19)12(20)9(16)6-14/h7-9,11-12,14-16,19-20H,3-6H2,1-2H3,(H,17,18)/t8-,9+,11+,12+/m0/s1. The molecule has 0 saturated heterocycles. The molecule has 0 aliphatic rings. The van der Waals surface area contributed by atoms with Crippen LogP contribution in [0.3, 0.4) is 0 Å². The molecule has 0 radical (unpaired) electrons. The second-order valence-electron chi connectivity index (χ2n) is 5.28. The van der Waals surface area contributed by atoms with E-state index in [4.69, 9.17) is 10.2 Å². The molecule has 8 heteroatoms. The Morgan fingerprint density at radius 3 is 1.90 bits per heavy atom. The molecule has 0 aromatic rings. The fourth-order valence-corrected chi connectivity index (χ4v) is 1.85. The summed E-state index contributed by atoms with van der Waals surface area (Å²) in [5.41, 5.74) is 0. The summed E-state index contributed by atoms with van der Waals surface area (Å²) < 4.78 is 0. The highest BCUT2D eigenvalue weighted by molar-refractivity contribution is 5.69. The molecule has 0 saturated carbocycles. The largest absolute Gasteiger partial charge is 0.480 e. The molecule has 4 atom stereocenters. The summed E-state index contributed by atoms with van der Waals surface area (Å²) in [4.78, 5) is 12.2. The molecule has 0 heterocycles. The first-order valence-electron chi connectivity index (χ1n) is 6.46. The Balaban J connectivity index is 4.56.